The summed E-state index contributed by atoms with van der Waals surface area (Å²) in [6.07, 6.45) is 3.78. The number of benzene rings is 2. The number of anilines is 1. The van der Waals surface area contributed by atoms with Crippen LogP contribution in [0.2, 0.25) is 0 Å². The van der Waals surface area contributed by atoms with Gasteiger partial charge >= 0.3 is 5.76 Å². The summed E-state index contributed by atoms with van der Waals surface area (Å²) in [6, 6.07) is 13.6. The maximum atomic E-state index is 11.5. The number of nitrogens with zero attached hydrogens (tertiary/aromatic N) is 3. The molecule has 0 saturated carbocycles. The van der Waals surface area contributed by atoms with Gasteiger partial charge in [-0.25, -0.2) is 4.79 Å². The van der Waals surface area contributed by atoms with Crippen LogP contribution >= 0.6 is 0 Å². The summed E-state index contributed by atoms with van der Waals surface area (Å²) in [6.45, 7) is 4.75. The molecule has 30 heavy (non-hydrogen) atoms. The van der Waals surface area contributed by atoms with Gasteiger partial charge in [-0.05, 0) is 55.3 Å². The predicted octanol–water partition coefficient (Wildman–Crippen LogP) is 3.49. The normalized spacial score (nSPS) is 15.1. The van der Waals surface area contributed by atoms with E-state index in [1.54, 1.807) is 6.07 Å². The fraction of sp³-hybridized carbons (Fsp3) is 0.304. The van der Waals surface area contributed by atoms with Gasteiger partial charge in [0.2, 0.25) is 0 Å². The van der Waals surface area contributed by atoms with E-state index in [1.807, 2.05) is 36.6 Å². The zero-order chi connectivity index (χ0) is 20.5. The fourth-order valence-corrected chi connectivity index (χ4v) is 4.26. The highest BCUT2D eigenvalue weighted by Crippen LogP contribution is 2.26. The number of fused-ring (bicyclic) bond motifs is 2. The van der Waals surface area contributed by atoms with Crippen molar-refractivity contribution < 1.29 is 8.83 Å². The van der Waals surface area contributed by atoms with Crippen LogP contribution in [-0.2, 0) is 6.42 Å². The monoisotopic (exact) mass is 402 g/mol. The molecule has 0 unspecified atom stereocenters. The quantitative estimate of drug-likeness (QED) is 0.550. The van der Waals surface area contributed by atoms with Crippen LogP contribution in [0.25, 0.3) is 22.1 Å². The Morgan fingerprint density at radius 2 is 2.00 bits per heavy atom. The summed E-state index contributed by atoms with van der Waals surface area (Å²) < 4.78 is 11.0. The number of H-pyrrole nitrogens is 1. The van der Waals surface area contributed by atoms with E-state index < -0.39 is 5.76 Å². The molecule has 0 bridgehead atoms. The molecule has 0 amide bonds. The zero-order valence-corrected chi connectivity index (χ0v) is 16.6. The molecule has 7 nitrogen and oxygen atoms in total. The van der Waals surface area contributed by atoms with Crippen LogP contribution < -0.4 is 10.7 Å². The Balaban J connectivity index is 1.18. The lowest BCUT2D eigenvalue weighted by Gasteiger charge is -2.36. The van der Waals surface area contributed by atoms with Crippen molar-refractivity contribution in [2.24, 2.45) is 0 Å². The van der Waals surface area contributed by atoms with Crippen LogP contribution in [-0.4, -0.2) is 42.6 Å². The molecule has 1 aliphatic rings. The lowest BCUT2D eigenvalue weighted by Crippen LogP contribution is -2.46. The molecule has 3 heterocycles. The van der Waals surface area contributed by atoms with E-state index >= 15 is 0 Å². The van der Waals surface area contributed by atoms with E-state index in [2.05, 4.69) is 20.9 Å². The third-order valence-corrected chi connectivity index (χ3v) is 5.84. The Morgan fingerprint density at radius 1 is 1.13 bits per heavy atom. The van der Waals surface area contributed by atoms with Crippen molar-refractivity contribution >= 4 is 27.8 Å². The Labute approximate surface area is 173 Å². The summed E-state index contributed by atoms with van der Waals surface area (Å²) >= 11 is 0. The number of aromatic nitrogens is 1. The molecule has 1 aliphatic heterocycles. The highest BCUT2D eigenvalue weighted by Gasteiger charge is 2.20. The van der Waals surface area contributed by atoms with Crippen LogP contribution in [0.4, 0.5) is 5.69 Å². The Morgan fingerprint density at radius 3 is 2.83 bits per heavy atom. The molecule has 4 aromatic rings. The second-order valence-electron chi connectivity index (χ2n) is 7.68. The van der Waals surface area contributed by atoms with Gasteiger partial charge in [-0.1, -0.05) is 6.07 Å². The highest BCUT2D eigenvalue weighted by molar-refractivity contribution is 5.86. The number of hydrogen-bond donors (Lipinski definition) is 1. The average Bonchev–Trinajstić information content (AvgIpc) is 3.36. The van der Waals surface area contributed by atoms with Crippen LogP contribution in [0.3, 0.4) is 0 Å². The second-order valence-corrected chi connectivity index (χ2v) is 7.68. The zero-order valence-electron chi connectivity index (χ0n) is 16.6. The van der Waals surface area contributed by atoms with Gasteiger partial charge in [0, 0.05) is 31.6 Å². The Bertz CT molecular complexity index is 1290. The molecule has 0 spiro atoms. The van der Waals surface area contributed by atoms with Gasteiger partial charge in [0.15, 0.2) is 5.58 Å². The predicted molar refractivity (Wildman–Crippen MR) is 115 cm³/mol. The highest BCUT2D eigenvalue weighted by atomic mass is 16.4. The summed E-state index contributed by atoms with van der Waals surface area (Å²) in [5.41, 5.74) is 5.02. The topological polar surface area (TPSA) is 89.4 Å². The van der Waals surface area contributed by atoms with Gasteiger partial charge < -0.3 is 13.7 Å². The van der Waals surface area contributed by atoms with Crippen molar-refractivity contribution in [3.05, 3.63) is 64.3 Å². The molecular weight excluding hydrogens is 380 g/mol. The lowest BCUT2D eigenvalue weighted by molar-refractivity contribution is 0.255. The third-order valence-electron chi connectivity index (χ3n) is 5.84. The largest absolute Gasteiger partial charge is 0.464 e. The first kappa shape index (κ1) is 18.5. The minimum Gasteiger partial charge on any atom is -0.464 e. The summed E-state index contributed by atoms with van der Waals surface area (Å²) in [5, 5.41) is 10.2. The van der Waals surface area contributed by atoms with Gasteiger partial charge in [-0.3, -0.25) is 9.88 Å². The molecule has 0 aliphatic carbocycles. The van der Waals surface area contributed by atoms with Crippen LogP contribution in [0.15, 0.2) is 56.3 Å². The molecular formula is C23H22N4O3. The maximum absolute atomic E-state index is 11.5. The average molecular weight is 402 g/mol. The van der Waals surface area contributed by atoms with Crippen molar-refractivity contribution in [2.45, 2.75) is 12.8 Å². The fourth-order valence-electron chi connectivity index (χ4n) is 4.26. The first-order chi connectivity index (χ1) is 14.7. The van der Waals surface area contributed by atoms with E-state index in [0.717, 1.165) is 73.3 Å². The molecule has 7 heteroatoms. The van der Waals surface area contributed by atoms with Crippen molar-refractivity contribution in [1.29, 1.82) is 5.26 Å². The van der Waals surface area contributed by atoms with Gasteiger partial charge in [-0.15, -0.1) is 0 Å². The molecule has 1 N–H and O–H groups in total. The number of nitriles is 1. The molecule has 0 atom stereocenters. The van der Waals surface area contributed by atoms with E-state index in [0.29, 0.717) is 11.1 Å². The molecule has 1 fully saturated rings. The number of piperazine rings is 1. The minimum absolute atomic E-state index is 0.412. The van der Waals surface area contributed by atoms with Gasteiger partial charge in [0.05, 0.1) is 29.1 Å². The van der Waals surface area contributed by atoms with E-state index in [1.165, 1.54) is 0 Å². The van der Waals surface area contributed by atoms with Crippen LogP contribution in [0.1, 0.15) is 17.5 Å². The number of hydrogen-bond acceptors (Lipinski definition) is 6. The summed E-state index contributed by atoms with van der Waals surface area (Å²) in [7, 11) is 0. The molecule has 0 radical (unpaired) electrons. The van der Waals surface area contributed by atoms with E-state index in [9.17, 15) is 4.79 Å². The van der Waals surface area contributed by atoms with Crippen molar-refractivity contribution in [2.75, 3.05) is 37.6 Å². The molecule has 1 saturated heterocycles. The van der Waals surface area contributed by atoms with Gasteiger partial charge in [-0.2, -0.15) is 5.26 Å². The standard InChI is InChI=1S/C23H22N4O3/c24-14-16-6-7-21-18(13-16)17(15-29-21)3-2-8-26-9-11-27(12-10-26)20-5-1-4-19-22(20)30-23(28)25-19/h1,4-7,13,15H,2-3,8-12H2,(H,25,28). The van der Waals surface area contributed by atoms with Crippen molar-refractivity contribution in [3.8, 4) is 6.07 Å². The van der Waals surface area contributed by atoms with E-state index in [-0.39, 0.29) is 0 Å². The number of aryl methyl sites for hydroxylation is 1. The molecule has 2 aromatic heterocycles. The Hall–Kier alpha value is -3.50. The number of para-hydroxylation sites is 1. The number of oxazole rings is 1. The van der Waals surface area contributed by atoms with Crippen LogP contribution in [0, 0.1) is 11.3 Å². The van der Waals surface area contributed by atoms with Crippen LogP contribution in [0.5, 0.6) is 0 Å². The second kappa shape index (κ2) is 7.73. The molecule has 2 aromatic carbocycles. The number of nitrogens with one attached hydrogen (secondary N) is 1. The maximum Gasteiger partial charge on any atom is 0.417 e. The first-order valence-corrected chi connectivity index (χ1v) is 10.2. The number of furan rings is 1. The van der Waals surface area contributed by atoms with E-state index in [4.69, 9.17) is 14.1 Å². The number of rotatable bonds is 5. The molecule has 5 rings (SSSR count). The Kier molecular flexibility index (Phi) is 4.77. The third kappa shape index (κ3) is 3.46. The van der Waals surface area contributed by atoms with Crippen molar-refractivity contribution in [1.82, 2.24) is 9.88 Å². The minimum atomic E-state index is -0.412. The summed E-state index contributed by atoms with van der Waals surface area (Å²) in [4.78, 5) is 19.0. The first-order valence-electron chi connectivity index (χ1n) is 10.2. The number of aromatic amines is 1. The smallest absolute Gasteiger partial charge is 0.417 e. The van der Waals surface area contributed by atoms with Gasteiger partial charge in [0.25, 0.3) is 0 Å². The van der Waals surface area contributed by atoms with Crippen molar-refractivity contribution in [3.63, 3.8) is 0 Å². The van der Waals surface area contributed by atoms with Gasteiger partial charge in [0.1, 0.15) is 5.58 Å². The SMILES string of the molecule is N#Cc1ccc2occ(CCCN3CCN(c4cccc5[nH]c(=O)oc45)CC3)c2c1. The lowest BCUT2D eigenvalue weighted by atomic mass is 10.1. The summed E-state index contributed by atoms with van der Waals surface area (Å²) in [5.74, 6) is -0.412. The molecule has 152 valence electrons.